The van der Waals surface area contributed by atoms with Gasteiger partial charge in [-0.05, 0) is 30.2 Å². The van der Waals surface area contributed by atoms with Crippen molar-refractivity contribution in [2.75, 3.05) is 35.6 Å². The highest BCUT2D eigenvalue weighted by Gasteiger charge is 2.43. The van der Waals surface area contributed by atoms with Crippen LogP contribution in [0.15, 0.2) is 42.7 Å². The highest BCUT2D eigenvalue weighted by molar-refractivity contribution is 7.74. The van der Waals surface area contributed by atoms with Gasteiger partial charge in [-0.2, -0.15) is 0 Å². The highest BCUT2D eigenvalue weighted by atomic mass is 32.2. The predicted molar refractivity (Wildman–Crippen MR) is 133 cm³/mol. The van der Waals surface area contributed by atoms with Gasteiger partial charge in [-0.1, -0.05) is 12.1 Å². The van der Waals surface area contributed by atoms with Gasteiger partial charge in [-0.3, -0.25) is 9.10 Å². The van der Waals surface area contributed by atoms with E-state index in [2.05, 4.69) is 9.97 Å². The Morgan fingerprint density at radius 2 is 1.97 bits per heavy atom. The number of thiol groups is 1. The molecule has 1 aliphatic rings. The van der Waals surface area contributed by atoms with Gasteiger partial charge in [0.15, 0.2) is 0 Å². The van der Waals surface area contributed by atoms with Gasteiger partial charge in [-0.25, -0.2) is 27.6 Å². The fraction of sp³-hybridized carbons (Fsp3) is 0.304. The Labute approximate surface area is 208 Å². The number of fused-ring (bicyclic) bond motifs is 1. The Bertz CT molecular complexity index is 1390. The van der Waals surface area contributed by atoms with E-state index in [-0.39, 0.29) is 41.8 Å². The number of amides is 1. The summed E-state index contributed by atoms with van der Waals surface area (Å²) in [6.07, 6.45) is 2.46. The zero-order chi connectivity index (χ0) is 26.1. The molecule has 36 heavy (non-hydrogen) atoms. The molecule has 3 heterocycles. The van der Waals surface area contributed by atoms with E-state index in [1.165, 1.54) is 30.6 Å². The van der Waals surface area contributed by atoms with Crippen LogP contribution in [0, 0.1) is 5.82 Å². The number of anilines is 3. The Morgan fingerprint density at radius 3 is 2.58 bits per heavy atom. The lowest BCUT2D eigenvalue weighted by molar-refractivity contribution is -0.148. The van der Waals surface area contributed by atoms with Crippen molar-refractivity contribution in [3.8, 4) is 0 Å². The van der Waals surface area contributed by atoms with Crippen LogP contribution < -0.4 is 14.9 Å². The molecule has 0 unspecified atom stereocenters. The summed E-state index contributed by atoms with van der Waals surface area (Å²) in [6, 6.07) is 5.03. The number of nitrogens with zero attached hydrogens (tertiary/aromatic N) is 5. The second-order valence-electron chi connectivity index (χ2n) is 8.58. The molecule has 0 spiro atoms. The van der Waals surface area contributed by atoms with Crippen LogP contribution in [0.4, 0.5) is 21.7 Å². The maximum atomic E-state index is 15.2. The van der Waals surface area contributed by atoms with Crippen LogP contribution >= 0.6 is 0 Å². The number of likely N-dealkylation sites (tertiary alicyclic amines) is 1. The smallest absolute Gasteiger partial charge is 0.326 e. The monoisotopic (exact) mass is 516 g/mol. The summed E-state index contributed by atoms with van der Waals surface area (Å²) in [4.78, 5) is 36.4. The molecule has 0 radical (unpaired) electrons. The fourth-order valence-corrected chi connectivity index (χ4v) is 5.12. The number of benzene rings is 1. The number of carbonyl (C=O) groups is 2. The molecule has 1 fully saturated rings. The molecule has 0 saturated carbocycles. The molecule has 1 saturated heterocycles. The minimum Gasteiger partial charge on any atom is -0.480 e. The average Bonchev–Trinajstić information content (AvgIpc) is 3.19. The molecule has 0 aliphatic carbocycles. The van der Waals surface area contributed by atoms with Gasteiger partial charge in [0, 0.05) is 44.0 Å². The van der Waals surface area contributed by atoms with E-state index >= 15 is 4.39 Å². The van der Waals surface area contributed by atoms with Crippen molar-refractivity contribution in [1.29, 1.82) is 0 Å². The molecule has 11 nitrogen and oxygen atoms in total. The first-order valence-electron chi connectivity index (χ1n) is 11.0. The minimum absolute atomic E-state index is 0.00455. The number of nitrogens with two attached hydrogens (primary N) is 1. The van der Waals surface area contributed by atoms with Crippen molar-refractivity contribution >= 4 is 50.9 Å². The van der Waals surface area contributed by atoms with E-state index in [4.69, 9.17) is 5.73 Å². The lowest BCUT2D eigenvalue weighted by Crippen LogP contribution is -2.48. The first kappa shape index (κ1) is 25.1. The van der Waals surface area contributed by atoms with E-state index in [1.54, 1.807) is 31.1 Å². The normalized spacial score (nSPS) is 16.5. The van der Waals surface area contributed by atoms with Crippen LogP contribution in [0.25, 0.3) is 10.8 Å². The zero-order valence-electron chi connectivity index (χ0n) is 19.5. The number of halogens is 1. The van der Waals surface area contributed by atoms with E-state index in [9.17, 15) is 23.1 Å². The summed E-state index contributed by atoms with van der Waals surface area (Å²) >= 11 is 0. The molecule has 1 amide bonds. The number of rotatable bonds is 8. The van der Waals surface area contributed by atoms with E-state index < -0.39 is 40.7 Å². The first-order chi connectivity index (χ1) is 17.1. The third-order valence-electron chi connectivity index (χ3n) is 6.20. The number of pyridine rings is 2. The molecule has 2 atom stereocenters. The maximum Gasteiger partial charge on any atom is 0.326 e. The van der Waals surface area contributed by atoms with Crippen molar-refractivity contribution in [3.05, 3.63) is 54.1 Å². The summed E-state index contributed by atoms with van der Waals surface area (Å²) in [5, 5.41) is 10.5. The van der Waals surface area contributed by atoms with Gasteiger partial charge in [0.2, 0.25) is 16.8 Å². The first-order valence-corrected chi connectivity index (χ1v) is 12.1. The Morgan fingerprint density at radius 1 is 1.22 bits per heavy atom. The summed E-state index contributed by atoms with van der Waals surface area (Å²) in [5.74, 6) is -1.90. The lowest BCUT2D eigenvalue weighted by atomic mass is 10.0. The summed E-state index contributed by atoms with van der Waals surface area (Å²) in [6.45, 7) is -0.00455. The van der Waals surface area contributed by atoms with E-state index in [0.717, 1.165) is 9.21 Å². The van der Waals surface area contributed by atoms with Crippen molar-refractivity contribution in [3.63, 3.8) is 0 Å². The van der Waals surface area contributed by atoms with E-state index in [0.29, 0.717) is 11.2 Å². The van der Waals surface area contributed by atoms with Gasteiger partial charge in [0.05, 0.1) is 11.9 Å². The highest BCUT2D eigenvalue weighted by Crippen LogP contribution is 2.29. The van der Waals surface area contributed by atoms with Crippen LogP contribution in [0.3, 0.4) is 0 Å². The Hall–Kier alpha value is -4.00. The van der Waals surface area contributed by atoms with Crippen LogP contribution in [0.2, 0.25) is 0 Å². The number of carboxylic acids is 1. The second-order valence-corrected chi connectivity index (χ2v) is 9.48. The van der Waals surface area contributed by atoms with Crippen LogP contribution in [0.1, 0.15) is 12.0 Å². The molecular formula is C23H25FN6O5S. The zero-order valence-corrected chi connectivity index (χ0v) is 20.4. The fourth-order valence-electron chi connectivity index (χ4n) is 4.37. The summed E-state index contributed by atoms with van der Waals surface area (Å²) < 4.78 is 40.4. The number of carboxylic acid groups (broad SMARTS) is 1. The number of carbonyl (C=O) groups excluding carboxylic acids is 1. The quantitative estimate of drug-likeness (QED) is 0.373. The van der Waals surface area contributed by atoms with Gasteiger partial charge < -0.3 is 20.6 Å². The predicted octanol–water partition coefficient (Wildman–Crippen LogP) is 1.05. The second kappa shape index (κ2) is 9.93. The molecule has 0 bridgehead atoms. The van der Waals surface area contributed by atoms with Gasteiger partial charge in [0.1, 0.15) is 29.5 Å². The molecule has 13 heteroatoms. The summed E-state index contributed by atoms with van der Waals surface area (Å²) in [7, 11) is 0.335. The van der Waals surface area contributed by atoms with Crippen LogP contribution in [0.5, 0.6) is 0 Å². The molecule has 3 aromatic rings. The topological polar surface area (TPSA) is 150 Å². The largest absolute Gasteiger partial charge is 0.480 e. The van der Waals surface area contributed by atoms with Gasteiger partial charge >= 0.3 is 5.97 Å². The van der Waals surface area contributed by atoms with E-state index in [1.807, 2.05) is 0 Å². The van der Waals surface area contributed by atoms with Gasteiger partial charge in [0.25, 0.3) is 0 Å². The molecule has 1 aliphatic heterocycles. The maximum absolute atomic E-state index is 15.2. The third-order valence-corrected chi connectivity index (χ3v) is 7.06. The SMILES string of the molecule is CN(C)c1ccc(N([C@H]2CCN([C@H](Cc3ccc4c(N)nccc4c3F)C(=O)O)C2=O)[SH](=O)=O)cn1. The third kappa shape index (κ3) is 4.61. The number of hydrogen-bond donors (Lipinski definition) is 3. The molecule has 3 N–H and O–H groups in total. The number of aliphatic carboxylic acids is 1. The summed E-state index contributed by atoms with van der Waals surface area (Å²) in [5.41, 5.74) is 6.08. The Kier molecular flexibility index (Phi) is 6.93. The molecular weight excluding hydrogens is 491 g/mol. The average molecular weight is 517 g/mol. The molecule has 2 aromatic heterocycles. The van der Waals surface area contributed by atoms with Crippen molar-refractivity contribution in [2.24, 2.45) is 0 Å². The van der Waals surface area contributed by atoms with Crippen molar-refractivity contribution in [1.82, 2.24) is 14.9 Å². The standard InChI is InChI=1S/C23H25FN6O5S/c1-28(2)19-6-4-14(12-27-19)30(36(34)35)17-8-10-29(22(17)31)18(23(32)33)11-13-3-5-16-15(20(13)24)7-9-26-21(16)25/h3-7,9,12,17-18,36H,8,10-11H2,1-2H3,(H2,25,26)(H,32,33)/t17-,18+/m0/s1. The molecule has 190 valence electrons. The van der Waals surface area contributed by atoms with Crippen LogP contribution in [-0.4, -0.2) is 73.0 Å². The van der Waals surface area contributed by atoms with Crippen molar-refractivity contribution in [2.45, 2.75) is 24.9 Å². The Balaban J connectivity index is 1.61. The lowest BCUT2D eigenvalue weighted by Gasteiger charge is -2.27. The van der Waals surface area contributed by atoms with Gasteiger partial charge in [-0.15, -0.1) is 0 Å². The van der Waals surface area contributed by atoms with Crippen LogP contribution in [-0.2, 0) is 26.9 Å². The van der Waals surface area contributed by atoms with Crippen molar-refractivity contribution < 1.29 is 27.5 Å². The minimum atomic E-state index is -3.23. The number of nitrogen functional groups attached to an aromatic ring is 1. The molecule has 1 aromatic carbocycles. The number of aromatic nitrogens is 2. The number of hydrogen-bond acceptors (Lipinski definition) is 8. The molecule has 4 rings (SSSR count).